The lowest BCUT2D eigenvalue weighted by Crippen LogP contribution is -2.23. The van der Waals surface area contributed by atoms with Crippen LogP contribution in [0.4, 0.5) is 0 Å². The molecule has 0 bridgehead atoms. The second kappa shape index (κ2) is 7.37. The SMILES string of the molecule is CCCC[C@](CC)(CCC)CCN. The third-order valence-corrected chi connectivity index (χ3v) is 3.27. The fourth-order valence-electron chi connectivity index (χ4n) is 2.29. The van der Waals surface area contributed by atoms with Gasteiger partial charge < -0.3 is 5.73 Å². The highest BCUT2D eigenvalue weighted by Gasteiger charge is 2.25. The maximum absolute atomic E-state index is 5.69. The molecule has 0 aromatic carbocycles. The first-order valence-corrected chi connectivity index (χ1v) is 5.94. The van der Waals surface area contributed by atoms with Gasteiger partial charge in [-0.1, -0.05) is 46.5 Å². The quantitative estimate of drug-likeness (QED) is 0.613. The molecule has 0 saturated carbocycles. The van der Waals surface area contributed by atoms with Gasteiger partial charge in [-0.05, 0) is 31.2 Å². The minimum Gasteiger partial charge on any atom is -0.330 e. The summed E-state index contributed by atoms with van der Waals surface area (Å²) in [4.78, 5) is 0. The van der Waals surface area contributed by atoms with E-state index in [2.05, 4.69) is 20.8 Å². The summed E-state index contributed by atoms with van der Waals surface area (Å²) in [5.41, 5.74) is 6.26. The molecule has 0 aliphatic rings. The Bertz CT molecular complexity index is 104. The Morgan fingerprint density at radius 2 is 1.62 bits per heavy atom. The Morgan fingerprint density at radius 1 is 0.923 bits per heavy atom. The van der Waals surface area contributed by atoms with Gasteiger partial charge in [0.2, 0.25) is 0 Å². The van der Waals surface area contributed by atoms with Crippen molar-refractivity contribution in [2.24, 2.45) is 11.1 Å². The Balaban J connectivity index is 4.07. The Labute approximate surface area is 84.1 Å². The van der Waals surface area contributed by atoms with Crippen molar-refractivity contribution in [3.8, 4) is 0 Å². The molecule has 0 rings (SSSR count). The van der Waals surface area contributed by atoms with Crippen LogP contribution in [0.2, 0.25) is 0 Å². The zero-order valence-electron chi connectivity index (χ0n) is 9.73. The molecule has 0 saturated heterocycles. The molecule has 0 aliphatic heterocycles. The molecule has 0 aromatic heterocycles. The zero-order chi connectivity index (χ0) is 10.2. The van der Waals surface area contributed by atoms with Crippen molar-refractivity contribution in [3.05, 3.63) is 0 Å². The summed E-state index contributed by atoms with van der Waals surface area (Å²) < 4.78 is 0. The molecular weight excluding hydrogens is 158 g/mol. The maximum Gasteiger partial charge on any atom is -0.00720 e. The maximum atomic E-state index is 5.69. The summed E-state index contributed by atoms with van der Waals surface area (Å²) in [6.07, 6.45) is 9.25. The van der Waals surface area contributed by atoms with Gasteiger partial charge in [0.15, 0.2) is 0 Å². The molecule has 0 unspecified atom stereocenters. The van der Waals surface area contributed by atoms with Gasteiger partial charge >= 0.3 is 0 Å². The lowest BCUT2D eigenvalue weighted by molar-refractivity contribution is 0.204. The van der Waals surface area contributed by atoms with Gasteiger partial charge in [-0.25, -0.2) is 0 Å². The van der Waals surface area contributed by atoms with Crippen molar-refractivity contribution in [3.63, 3.8) is 0 Å². The molecular formula is C12H27N. The Morgan fingerprint density at radius 3 is 2.00 bits per heavy atom. The van der Waals surface area contributed by atoms with Crippen molar-refractivity contribution in [2.75, 3.05) is 6.54 Å². The van der Waals surface area contributed by atoms with Crippen LogP contribution in [0.25, 0.3) is 0 Å². The first kappa shape index (κ1) is 13.0. The molecule has 80 valence electrons. The van der Waals surface area contributed by atoms with Crippen LogP contribution in [0.3, 0.4) is 0 Å². The zero-order valence-corrected chi connectivity index (χ0v) is 9.73. The molecule has 0 heterocycles. The molecule has 0 fully saturated rings. The second-order valence-electron chi connectivity index (χ2n) is 4.25. The number of hydrogen-bond acceptors (Lipinski definition) is 1. The van der Waals surface area contributed by atoms with E-state index in [-0.39, 0.29) is 0 Å². The topological polar surface area (TPSA) is 26.0 Å². The second-order valence-corrected chi connectivity index (χ2v) is 4.25. The van der Waals surface area contributed by atoms with Gasteiger partial charge in [-0.2, -0.15) is 0 Å². The van der Waals surface area contributed by atoms with Crippen LogP contribution in [-0.2, 0) is 0 Å². The van der Waals surface area contributed by atoms with Gasteiger partial charge in [0.05, 0.1) is 0 Å². The molecule has 2 N–H and O–H groups in total. The van der Waals surface area contributed by atoms with E-state index < -0.39 is 0 Å². The first-order chi connectivity index (χ1) is 6.24. The Kier molecular flexibility index (Phi) is 7.35. The molecule has 1 heteroatoms. The van der Waals surface area contributed by atoms with Crippen molar-refractivity contribution < 1.29 is 0 Å². The van der Waals surface area contributed by atoms with E-state index >= 15 is 0 Å². The number of nitrogens with two attached hydrogens (primary N) is 1. The highest BCUT2D eigenvalue weighted by molar-refractivity contribution is 4.77. The van der Waals surface area contributed by atoms with Crippen LogP contribution >= 0.6 is 0 Å². The number of unbranched alkanes of at least 4 members (excludes halogenated alkanes) is 1. The molecule has 0 aromatic rings. The third kappa shape index (κ3) is 4.66. The van der Waals surface area contributed by atoms with E-state index in [1.54, 1.807) is 0 Å². The van der Waals surface area contributed by atoms with Crippen LogP contribution in [-0.4, -0.2) is 6.54 Å². The van der Waals surface area contributed by atoms with E-state index in [9.17, 15) is 0 Å². The molecule has 0 amide bonds. The van der Waals surface area contributed by atoms with Crippen LogP contribution in [0.15, 0.2) is 0 Å². The summed E-state index contributed by atoms with van der Waals surface area (Å²) in [6, 6.07) is 0. The average Bonchev–Trinajstić information content (AvgIpc) is 2.15. The van der Waals surface area contributed by atoms with Crippen LogP contribution < -0.4 is 5.73 Å². The van der Waals surface area contributed by atoms with Crippen molar-refractivity contribution in [1.82, 2.24) is 0 Å². The van der Waals surface area contributed by atoms with Gasteiger partial charge in [-0.3, -0.25) is 0 Å². The normalized spacial score (nSPS) is 15.7. The van der Waals surface area contributed by atoms with Gasteiger partial charge in [-0.15, -0.1) is 0 Å². The van der Waals surface area contributed by atoms with Crippen molar-refractivity contribution in [1.29, 1.82) is 0 Å². The summed E-state index contributed by atoms with van der Waals surface area (Å²) in [6.45, 7) is 7.74. The summed E-state index contributed by atoms with van der Waals surface area (Å²) in [7, 11) is 0. The average molecular weight is 185 g/mol. The Hall–Kier alpha value is -0.0400. The van der Waals surface area contributed by atoms with Crippen LogP contribution in [0, 0.1) is 5.41 Å². The third-order valence-electron chi connectivity index (χ3n) is 3.27. The summed E-state index contributed by atoms with van der Waals surface area (Å²) >= 11 is 0. The number of hydrogen-bond donors (Lipinski definition) is 1. The minimum atomic E-state index is 0.569. The van der Waals surface area contributed by atoms with Crippen LogP contribution in [0.5, 0.6) is 0 Å². The smallest absolute Gasteiger partial charge is 0.00720 e. The molecule has 13 heavy (non-hydrogen) atoms. The highest BCUT2D eigenvalue weighted by Crippen LogP contribution is 2.37. The van der Waals surface area contributed by atoms with Gasteiger partial charge in [0.25, 0.3) is 0 Å². The van der Waals surface area contributed by atoms with Gasteiger partial charge in [0.1, 0.15) is 0 Å². The van der Waals surface area contributed by atoms with Crippen LogP contribution in [0.1, 0.15) is 65.7 Å². The highest BCUT2D eigenvalue weighted by atomic mass is 14.5. The lowest BCUT2D eigenvalue weighted by Gasteiger charge is -2.32. The molecule has 0 radical (unpaired) electrons. The van der Waals surface area contributed by atoms with Crippen molar-refractivity contribution in [2.45, 2.75) is 65.7 Å². The molecule has 0 spiro atoms. The standard InChI is InChI=1S/C12H27N/c1-4-7-9-12(6-3,8-5-2)10-11-13/h4-11,13H2,1-3H3/t12-/m0/s1. The molecule has 0 aliphatic carbocycles. The largest absolute Gasteiger partial charge is 0.330 e. The van der Waals surface area contributed by atoms with E-state index in [0.717, 1.165) is 6.54 Å². The number of rotatable bonds is 8. The minimum absolute atomic E-state index is 0.569. The van der Waals surface area contributed by atoms with E-state index in [1.807, 2.05) is 0 Å². The van der Waals surface area contributed by atoms with E-state index in [4.69, 9.17) is 5.73 Å². The van der Waals surface area contributed by atoms with E-state index in [0.29, 0.717) is 5.41 Å². The summed E-state index contributed by atoms with van der Waals surface area (Å²) in [5.74, 6) is 0. The summed E-state index contributed by atoms with van der Waals surface area (Å²) in [5, 5.41) is 0. The first-order valence-electron chi connectivity index (χ1n) is 5.94. The monoisotopic (exact) mass is 185 g/mol. The molecule has 1 atom stereocenters. The predicted octanol–water partition coefficient (Wildman–Crippen LogP) is 3.72. The lowest BCUT2D eigenvalue weighted by atomic mass is 9.74. The fraction of sp³-hybridized carbons (Fsp3) is 1.00. The van der Waals surface area contributed by atoms with E-state index in [1.165, 1.54) is 44.9 Å². The fourth-order valence-corrected chi connectivity index (χ4v) is 2.29. The van der Waals surface area contributed by atoms with Crippen molar-refractivity contribution >= 4 is 0 Å². The molecule has 1 nitrogen and oxygen atoms in total. The van der Waals surface area contributed by atoms with Gasteiger partial charge in [0, 0.05) is 0 Å². The predicted molar refractivity (Wildman–Crippen MR) is 60.8 cm³/mol.